The quantitative estimate of drug-likeness (QED) is 0.268. The summed E-state index contributed by atoms with van der Waals surface area (Å²) in [4.78, 5) is 7.21. The van der Waals surface area contributed by atoms with Crippen molar-refractivity contribution in [1.29, 1.82) is 10.5 Å². The number of hydrogen-bond acceptors (Lipinski definition) is 2. The van der Waals surface area contributed by atoms with Gasteiger partial charge in [-0.05, 0) is 88.2 Å². The summed E-state index contributed by atoms with van der Waals surface area (Å²) in [6, 6.07) is 19.6. The van der Waals surface area contributed by atoms with Gasteiger partial charge in [0.2, 0.25) is 0 Å². The topological polar surface area (TPSA) is 56.3 Å². The van der Waals surface area contributed by atoms with Gasteiger partial charge >= 0.3 is 6.04 Å². The maximum atomic E-state index is 14.5. The number of benzene rings is 4. The van der Waals surface area contributed by atoms with E-state index in [1.165, 1.54) is 12.1 Å². The summed E-state index contributed by atoms with van der Waals surface area (Å²) in [6.07, 6.45) is 0. The van der Waals surface area contributed by atoms with Crippen LogP contribution in [0.25, 0.3) is 43.1 Å². The highest BCUT2D eigenvalue weighted by molar-refractivity contribution is 5.92. The predicted octanol–water partition coefficient (Wildman–Crippen LogP) is 8.26. The molecule has 0 amide bonds. The second kappa shape index (κ2) is 9.29. The van der Waals surface area contributed by atoms with E-state index >= 15 is 0 Å². The molecule has 4 aromatic carbocycles. The van der Waals surface area contributed by atoms with Crippen molar-refractivity contribution in [2.45, 2.75) is 25.8 Å². The van der Waals surface area contributed by atoms with Crippen molar-refractivity contribution in [2.24, 2.45) is 0 Å². The molecule has 0 saturated carbocycles. The molecule has 38 heavy (non-hydrogen) atoms. The summed E-state index contributed by atoms with van der Waals surface area (Å²) < 4.78 is 28.9. The van der Waals surface area contributed by atoms with Crippen molar-refractivity contribution in [1.82, 2.24) is 0 Å². The Hall–Kier alpha value is -5.30. The van der Waals surface area contributed by atoms with E-state index < -0.39 is 23.6 Å². The van der Waals surface area contributed by atoms with E-state index in [1.54, 1.807) is 62.4 Å². The van der Waals surface area contributed by atoms with Crippen LogP contribution >= 0.6 is 0 Å². The minimum Gasteiger partial charge on any atom is -0.296 e. The largest absolute Gasteiger partial charge is 0.317 e. The van der Waals surface area contributed by atoms with E-state index in [4.69, 9.17) is 13.1 Å². The number of nitriles is 2. The highest BCUT2D eigenvalue weighted by atomic mass is 19.1. The summed E-state index contributed by atoms with van der Waals surface area (Å²) in [6.45, 7) is 18.7. The molecule has 0 aliphatic heterocycles. The lowest BCUT2D eigenvalue weighted by Crippen LogP contribution is -2.12. The highest BCUT2D eigenvalue weighted by Gasteiger charge is 2.40. The first kappa shape index (κ1) is 24.4. The fourth-order valence-electron chi connectivity index (χ4n) is 5.06. The molecular weight excluding hydrogens is 478 g/mol. The minimum absolute atomic E-state index is 0.271. The SMILES string of the molecule is [C-]#[N+]c1cc2c(cc1-c1ccc(C)c(F)c1)-c1cc(-c3ccc(C)c(F)c3)c(C#N)cc1C2C(C#N)[N+]#[C-]. The summed E-state index contributed by atoms with van der Waals surface area (Å²) in [5.41, 5.74) is 6.25. The van der Waals surface area contributed by atoms with Gasteiger partial charge in [-0.2, -0.15) is 10.5 Å². The lowest BCUT2D eigenvalue weighted by Gasteiger charge is -2.14. The number of halogens is 2. The molecule has 5 rings (SSSR count). The lowest BCUT2D eigenvalue weighted by atomic mass is 9.87. The third-order valence-electron chi connectivity index (χ3n) is 7.11. The third-order valence-corrected chi connectivity index (χ3v) is 7.11. The van der Waals surface area contributed by atoms with Crippen LogP contribution < -0.4 is 0 Å². The summed E-state index contributed by atoms with van der Waals surface area (Å²) in [7, 11) is 0. The molecule has 4 nitrogen and oxygen atoms in total. The molecule has 0 bridgehead atoms. The number of fused-ring (bicyclic) bond motifs is 3. The molecule has 0 heterocycles. The van der Waals surface area contributed by atoms with E-state index in [-0.39, 0.29) is 11.3 Å². The van der Waals surface area contributed by atoms with Gasteiger partial charge in [-0.15, -0.1) is 0 Å². The maximum absolute atomic E-state index is 14.5. The van der Waals surface area contributed by atoms with Crippen LogP contribution in [0.15, 0.2) is 60.7 Å². The molecular formula is C32H18F2N4. The fraction of sp³-hybridized carbons (Fsp3) is 0.125. The average molecular weight is 497 g/mol. The van der Waals surface area contributed by atoms with Crippen molar-refractivity contribution >= 4 is 5.69 Å². The molecule has 0 radical (unpaired) electrons. The molecule has 6 heteroatoms. The zero-order chi connectivity index (χ0) is 27.1. The van der Waals surface area contributed by atoms with E-state index in [0.29, 0.717) is 55.6 Å². The number of nitrogens with zero attached hydrogens (tertiary/aromatic N) is 4. The van der Waals surface area contributed by atoms with Crippen LogP contribution in [-0.2, 0) is 0 Å². The standard InChI is InChI=1S/C32H18F2N4/c1-17-5-7-19(10-28(17)33)22-12-24-25-13-23(20-8-6-18(2)29(34)11-20)30(37-3)14-27(25)32(31(16-36)38-4)26(24)9-21(22)15-35/h5-14,31-32H,1-2H3. The Labute approximate surface area is 219 Å². The smallest absolute Gasteiger partial charge is 0.296 e. The Morgan fingerprint density at radius 1 is 0.763 bits per heavy atom. The van der Waals surface area contributed by atoms with E-state index in [1.807, 2.05) is 0 Å². The van der Waals surface area contributed by atoms with Gasteiger partial charge in [0.1, 0.15) is 11.6 Å². The van der Waals surface area contributed by atoms with Crippen molar-refractivity contribution in [3.8, 4) is 45.5 Å². The van der Waals surface area contributed by atoms with E-state index in [9.17, 15) is 19.3 Å². The van der Waals surface area contributed by atoms with Gasteiger partial charge in [0.05, 0.1) is 24.1 Å². The van der Waals surface area contributed by atoms with Crippen LogP contribution in [0.2, 0.25) is 0 Å². The molecule has 1 aliphatic rings. The van der Waals surface area contributed by atoms with Crippen LogP contribution in [0.1, 0.15) is 33.7 Å². The van der Waals surface area contributed by atoms with Crippen molar-refractivity contribution < 1.29 is 8.78 Å². The van der Waals surface area contributed by atoms with Crippen molar-refractivity contribution in [3.63, 3.8) is 0 Å². The van der Waals surface area contributed by atoms with Crippen molar-refractivity contribution in [3.05, 3.63) is 123 Å². The van der Waals surface area contributed by atoms with E-state index in [2.05, 4.69) is 21.8 Å². The van der Waals surface area contributed by atoms with Crippen LogP contribution in [0, 0.1) is 61.3 Å². The molecule has 2 unspecified atom stereocenters. The summed E-state index contributed by atoms with van der Waals surface area (Å²) in [5, 5.41) is 19.8. The zero-order valence-corrected chi connectivity index (χ0v) is 20.5. The van der Waals surface area contributed by atoms with Crippen LogP contribution in [0.4, 0.5) is 14.5 Å². The van der Waals surface area contributed by atoms with Gasteiger partial charge in [-0.1, -0.05) is 36.4 Å². The Bertz CT molecular complexity index is 1690. The van der Waals surface area contributed by atoms with Gasteiger partial charge in [-0.3, -0.25) is 4.85 Å². The Balaban J connectivity index is 1.83. The second-order valence-electron chi connectivity index (χ2n) is 9.27. The Morgan fingerprint density at radius 2 is 1.32 bits per heavy atom. The minimum atomic E-state index is -1.08. The first-order valence-electron chi connectivity index (χ1n) is 11.7. The predicted molar refractivity (Wildman–Crippen MR) is 141 cm³/mol. The second-order valence-corrected chi connectivity index (χ2v) is 9.27. The first-order chi connectivity index (χ1) is 18.3. The molecule has 0 spiro atoms. The Morgan fingerprint density at radius 3 is 1.82 bits per heavy atom. The van der Waals surface area contributed by atoms with Crippen molar-refractivity contribution in [2.75, 3.05) is 0 Å². The third kappa shape index (κ3) is 3.77. The number of aryl methyl sites for hydroxylation is 2. The molecule has 1 aliphatic carbocycles. The highest BCUT2D eigenvalue weighted by Crippen LogP contribution is 2.52. The monoisotopic (exact) mass is 496 g/mol. The van der Waals surface area contributed by atoms with Gasteiger partial charge in [0.15, 0.2) is 11.8 Å². The first-order valence-corrected chi connectivity index (χ1v) is 11.7. The van der Waals surface area contributed by atoms with Gasteiger partial charge < -0.3 is 0 Å². The molecule has 180 valence electrons. The molecule has 0 N–H and O–H groups in total. The molecule has 4 aromatic rings. The lowest BCUT2D eigenvalue weighted by molar-refractivity contribution is 0.618. The summed E-state index contributed by atoms with van der Waals surface area (Å²) in [5.74, 6) is -1.46. The van der Waals surface area contributed by atoms with Crippen LogP contribution in [0.5, 0.6) is 0 Å². The maximum Gasteiger partial charge on any atom is 0.317 e. The molecule has 0 saturated heterocycles. The molecule has 2 atom stereocenters. The normalized spacial score (nSPS) is 13.8. The summed E-state index contributed by atoms with van der Waals surface area (Å²) >= 11 is 0. The average Bonchev–Trinajstić information content (AvgIpc) is 3.23. The fourth-order valence-corrected chi connectivity index (χ4v) is 5.06. The van der Waals surface area contributed by atoms with Gasteiger partial charge in [0.25, 0.3) is 0 Å². The zero-order valence-electron chi connectivity index (χ0n) is 20.5. The number of hydrogen-bond donors (Lipinski definition) is 0. The molecule has 0 fully saturated rings. The Kier molecular flexibility index (Phi) is 5.97. The van der Waals surface area contributed by atoms with Gasteiger partial charge in [0, 0.05) is 5.56 Å². The van der Waals surface area contributed by atoms with E-state index in [0.717, 1.165) is 0 Å². The number of rotatable bonds is 3. The van der Waals surface area contributed by atoms with Crippen LogP contribution in [0.3, 0.4) is 0 Å². The van der Waals surface area contributed by atoms with Crippen LogP contribution in [-0.4, -0.2) is 6.04 Å². The molecule has 0 aromatic heterocycles. The van der Waals surface area contributed by atoms with Gasteiger partial charge in [-0.25, -0.2) is 20.2 Å².